The summed E-state index contributed by atoms with van der Waals surface area (Å²) < 4.78 is 5.32. The highest BCUT2D eigenvalue weighted by Gasteiger charge is 2.23. The number of hydrogen-bond donors (Lipinski definition) is 1. The average molecular weight is 304 g/mol. The molecule has 1 aromatic rings. The van der Waals surface area contributed by atoms with E-state index in [0.717, 1.165) is 31.6 Å². The van der Waals surface area contributed by atoms with Gasteiger partial charge in [0.25, 0.3) is 0 Å². The van der Waals surface area contributed by atoms with Crippen molar-refractivity contribution in [1.82, 2.24) is 4.90 Å². The fourth-order valence-electron chi connectivity index (χ4n) is 3.24. The van der Waals surface area contributed by atoms with E-state index in [1.807, 2.05) is 23.1 Å². The van der Waals surface area contributed by atoms with Gasteiger partial charge >= 0.3 is 0 Å². The van der Waals surface area contributed by atoms with Gasteiger partial charge in [0, 0.05) is 38.3 Å². The third kappa shape index (κ3) is 3.66. The van der Waals surface area contributed by atoms with Gasteiger partial charge in [-0.05, 0) is 24.5 Å². The van der Waals surface area contributed by atoms with Crippen LogP contribution in [-0.2, 0) is 16.0 Å². The first kappa shape index (κ1) is 15.5. The lowest BCUT2D eigenvalue weighted by Gasteiger charge is -2.30. The van der Waals surface area contributed by atoms with Crippen molar-refractivity contribution in [2.24, 2.45) is 0 Å². The van der Waals surface area contributed by atoms with E-state index in [2.05, 4.69) is 11.0 Å². The smallest absolute Gasteiger partial charge is 0.228 e. The highest BCUT2D eigenvalue weighted by molar-refractivity contribution is 5.94. The summed E-state index contributed by atoms with van der Waals surface area (Å²) in [6.45, 7) is 3.87. The Morgan fingerprint density at radius 2 is 2.18 bits per heavy atom. The zero-order valence-corrected chi connectivity index (χ0v) is 12.9. The molecular weight excluding hydrogens is 280 g/mol. The summed E-state index contributed by atoms with van der Waals surface area (Å²) in [5, 5.41) is 9.74. The molecule has 0 spiro atoms. The summed E-state index contributed by atoms with van der Waals surface area (Å²) in [6.07, 6.45) is 2.11. The SMILES string of the molecule is O=C(CCN1CCOC[C@@H](O)C1)N1CCCc2ccccc21. The Kier molecular flexibility index (Phi) is 5.08. The van der Waals surface area contributed by atoms with Gasteiger partial charge in [-0.3, -0.25) is 9.69 Å². The van der Waals surface area contributed by atoms with Crippen molar-refractivity contribution in [3.8, 4) is 0 Å². The van der Waals surface area contributed by atoms with E-state index in [1.165, 1.54) is 5.56 Å². The minimum absolute atomic E-state index is 0.173. The molecule has 120 valence electrons. The Morgan fingerprint density at radius 3 is 3.09 bits per heavy atom. The third-order valence-corrected chi connectivity index (χ3v) is 4.38. The molecule has 0 aromatic heterocycles. The van der Waals surface area contributed by atoms with Crippen LogP contribution in [0.4, 0.5) is 5.69 Å². The van der Waals surface area contributed by atoms with E-state index >= 15 is 0 Å². The maximum absolute atomic E-state index is 12.6. The number of amides is 1. The van der Waals surface area contributed by atoms with Crippen molar-refractivity contribution in [3.05, 3.63) is 29.8 Å². The first-order valence-corrected chi connectivity index (χ1v) is 8.10. The van der Waals surface area contributed by atoms with E-state index in [9.17, 15) is 9.90 Å². The number of aryl methyl sites for hydroxylation is 1. The van der Waals surface area contributed by atoms with Crippen LogP contribution < -0.4 is 4.90 Å². The van der Waals surface area contributed by atoms with E-state index in [0.29, 0.717) is 32.7 Å². The summed E-state index contributed by atoms with van der Waals surface area (Å²) >= 11 is 0. The molecule has 5 heteroatoms. The van der Waals surface area contributed by atoms with Crippen molar-refractivity contribution in [2.75, 3.05) is 44.3 Å². The van der Waals surface area contributed by atoms with Crippen molar-refractivity contribution in [1.29, 1.82) is 0 Å². The van der Waals surface area contributed by atoms with Crippen molar-refractivity contribution >= 4 is 11.6 Å². The normalized spacial score (nSPS) is 23.0. The molecule has 0 aliphatic carbocycles. The molecule has 2 heterocycles. The molecule has 1 atom stereocenters. The van der Waals surface area contributed by atoms with Crippen LogP contribution in [0.3, 0.4) is 0 Å². The molecular formula is C17H24N2O3. The van der Waals surface area contributed by atoms with Crippen LogP contribution in [0.5, 0.6) is 0 Å². The van der Waals surface area contributed by atoms with E-state index in [1.54, 1.807) is 0 Å². The molecule has 0 radical (unpaired) electrons. The molecule has 1 aromatic carbocycles. The zero-order valence-electron chi connectivity index (χ0n) is 12.9. The Morgan fingerprint density at radius 1 is 1.32 bits per heavy atom. The maximum Gasteiger partial charge on any atom is 0.228 e. The van der Waals surface area contributed by atoms with Crippen LogP contribution in [0, 0.1) is 0 Å². The molecule has 1 amide bonds. The third-order valence-electron chi connectivity index (χ3n) is 4.38. The maximum atomic E-state index is 12.6. The number of carbonyl (C=O) groups is 1. The van der Waals surface area contributed by atoms with Gasteiger partial charge < -0.3 is 14.7 Å². The van der Waals surface area contributed by atoms with Crippen molar-refractivity contribution < 1.29 is 14.6 Å². The Labute approximate surface area is 131 Å². The number of para-hydroxylation sites is 1. The minimum atomic E-state index is -0.451. The summed E-state index contributed by atoms with van der Waals surface area (Å²) in [5.41, 5.74) is 2.33. The van der Waals surface area contributed by atoms with Gasteiger partial charge in [0.15, 0.2) is 0 Å². The molecule has 1 fully saturated rings. The average Bonchev–Trinajstić information content (AvgIpc) is 2.76. The highest BCUT2D eigenvalue weighted by Crippen LogP contribution is 2.27. The topological polar surface area (TPSA) is 53.0 Å². The van der Waals surface area contributed by atoms with Crippen LogP contribution in [0.1, 0.15) is 18.4 Å². The predicted octanol–water partition coefficient (Wildman–Crippen LogP) is 1.05. The van der Waals surface area contributed by atoms with Gasteiger partial charge in [-0.25, -0.2) is 0 Å². The summed E-state index contributed by atoms with van der Waals surface area (Å²) in [5.74, 6) is 0.173. The number of aliphatic hydroxyl groups excluding tert-OH is 1. The Balaban J connectivity index is 1.58. The second kappa shape index (κ2) is 7.22. The van der Waals surface area contributed by atoms with Crippen LogP contribution in [0.2, 0.25) is 0 Å². The predicted molar refractivity (Wildman–Crippen MR) is 85.0 cm³/mol. The summed E-state index contributed by atoms with van der Waals surface area (Å²) in [7, 11) is 0. The monoisotopic (exact) mass is 304 g/mol. The standard InChI is InChI=1S/C17H24N2O3/c20-15-12-18(10-11-22-13-15)9-7-17(21)19-8-3-5-14-4-1-2-6-16(14)19/h1-2,4,6,15,20H,3,5,7-13H2/t15-/m0/s1. The first-order chi connectivity index (χ1) is 10.7. The number of aliphatic hydroxyl groups is 1. The Hall–Kier alpha value is -1.43. The highest BCUT2D eigenvalue weighted by atomic mass is 16.5. The number of rotatable bonds is 3. The first-order valence-electron chi connectivity index (χ1n) is 8.10. The van der Waals surface area contributed by atoms with Gasteiger partial charge in [0.2, 0.25) is 5.91 Å². The second-order valence-corrected chi connectivity index (χ2v) is 6.06. The molecule has 3 rings (SSSR count). The molecule has 5 nitrogen and oxygen atoms in total. The van der Waals surface area contributed by atoms with Crippen LogP contribution >= 0.6 is 0 Å². The number of anilines is 1. The van der Waals surface area contributed by atoms with E-state index < -0.39 is 6.10 Å². The lowest BCUT2D eigenvalue weighted by atomic mass is 10.0. The van der Waals surface area contributed by atoms with Gasteiger partial charge in [0.05, 0.1) is 19.3 Å². The lowest BCUT2D eigenvalue weighted by molar-refractivity contribution is -0.119. The molecule has 2 aliphatic heterocycles. The number of carbonyl (C=O) groups excluding carboxylic acids is 1. The van der Waals surface area contributed by atoms with Crippen molar-refractivity contribution in [3.63, 3.8) is 0 Å². The quantitative estimate of drug-likeness (QED) is 0.907. The number of nitrogens with zero attached hydrogens (tertiary/aromatic N) is 2. The second-order valence-electron chi connectivity index (χ2n) is 6.06. The van der Waals surface area contributed by atoms with Gasteiger partial charge in [0.1, 0.15) is 0 Å². The van der Waals surface area contributed by atoms with Crippen LogP contribution in [0.15, 0.2) is 24.3 Å². The zero-order chi connectivity index (χ0) is 15.4. The summed E-state index contributed by atoms with van der Waals surface area (Å²) in [4.78, 5) is 16.6. The van der Waals surface area contributed by atoms with Gasteiger partial charge in [-0.15, -0.1) is 0 Å². The number of β-amino-alcohol motifs (C(OH)–C–C–N with tert-alkyl or cyclic N) is 1. The van der Waals surface area contributed by atoms with Gasteiger partial charge in [-0.1, -0.05) is 18.2 Å². The molecule has 1 saturated heterocycles. The van der Waals surface area contributed by atoms with E-state index in [4.69, 9.17) is 4.74 Å². The fourth-order valence-corrected chi connectivity index (χ4v) is 3.24. The minimum Gasteiger partial charge on any atom is -0.389 e. The molecule has 0 saturated carbocycles. The van der Waals surface area contributed by atoms with Gasteiger partial charge in [-0.2, -0.15) is 0 Å². The number of hydrogen-bond acceptors (Lipinski definition) is 4. The summed E-state index contributed by atoms with van der Waals surface area (Å²) in [6, 6.07) is 8.17. The molecule has 0 bridgehead atoms. The molecule has 22 heavy (non-hydrogen) atoms. The fraction of sp³-hybridized carbons (Fsp3) is 0.588. The van der Waals surface area contributed by atoms with Crippen molar-refractivity contribution in [2.45, 2.75) is 25.4 Å². The Bertz CT molecular complexity index is 520. The number of fused-ring (bicyclic) bond motifs is 1. The largest absolute Gasteiger partial charge is 0.389 e. The van der Waals surface area contributed by atoms with Crippen LogP contribution in [-0.4, -0.2) is 61.4 Å². The molecule has 1 N–H and O–H groups in total. The molecule has 0 unspecified atom stereocenters. The lowest BCUT2D eigenvalue weighted by Crippen LogP contribution is -2.39. The number of ether oxygens (including phenoxy) is 1. The van der Waals surface area contributed by atoms with E-state index in [-0.39, 0.29) is 5.91 Å². The number of benzene rings is 1. The molecule has 2 aliphatic rings. The van der Waals surface area contributed by atoms with Crippen LogP contribution in [0.25, 0.3) is 0 Å².